The van der Waals surface area contributed by atoms with E-state index in [1.54, 1.807) is 18.3 Å². The summed E-state index contributed by atoms with van der Waals surface area (Å²) in [6.07, 6.45) is 3.54. The van der Waals surface area contributed by atoms with E-state index in [0.29, 0.717) is 12.0 Å². The zero-order valence-corrected chi connectivity index (χ0v) is 9.01. The average Bonchev–Trinajstić information content (AvgIpc) is 2.28. The zero-order chi connectivity index (χ0) is 12.0. The molecule has 1 unspecified atom stereocenters. The zero-order valence-electron chi connectivity index (χ0n) is 9.01. The van der Waals surface area contributed by atoms with Gasteiger partial charge in [-0.15, -0.1) is 0 Å². The number of carboxylic acid groups (broad SMARTS) is 1. The van der Waals surface area contributed by atoms with Crippen LogP contribution in [0.25, 0.3) is 0 Å². The molecule has 5 nitrogen and oxygen atoms in total. The van der Waals surface area contributed by atoms with E-state index in [0.717, 1.165) is 0 Å². The molecule has 0 aliphatic rings. The summed E-state index contributed by atoms with van der Waals surface area (Å²) in [5.41, 5.74) is 0.436. The molecule has 0 fully saturated rings. The number of rotatable bonds is 5. The Bertz CT molecular complexity index is 365. The fourth-order valence-electron chi connectivity index (χ4n) is 1.27. The number of carbonyl (C=O) groups is 2. The van der Waals surface area contributed by atoms with E-state index in [-0.39, 0.29) is 18.4 Å². The van der Waals surface area contributed by atoms with Crippen molar-refractivity contribution in [2.45, 2.75) is 25.8 Å². The van der Waals surface area contributed by atoms with E-state index >= 15 is 0 Å². The molecular formula is C11H14N2O3. The molecule has 0 saturated carbocycles. The van der Waals surface area contributed by atoms with Gasteiger partial charge < -0.3 is 10.4 Å². The molecule has 16 heavy (non-hydrogen) atoms. The summed E-state index contributed by atoms with van der Waals surface area (Å²) in [5, 5.41) is 11.3. The third-order valence-electron chi connectivity index (χ3n) is 2.17. The van der Waals surface area contributed by atoms with Crippen LogP contribution >= 0.6 is 0 Å². The van der Waals surface area contributed by atoms with Crippen molar-refractivity contribution in [3.05, 3.63) is 30.1 Å². The topological polar surface area (TPSA) is 79.3 Å². The summed E-state index contributed by atoms with van der Waals surface area (Å²) in [5.74, 6) is -1.21. The minimum Gasteiger partial charge on any atom is -0.481 e. The Kier molecular flexibility index (Phi) is 4.44. The molecule has 0 spiro atoms. The third kappa shape index (κ3) is 3.68. The number of carbonyl (C=O) groups excluding carboxylic acids is 1. The van der Waals surface area contributed by atoms with Gasteiger partial charge in [0.2, 0.25) is 0 Å². The van der Waals surface area contributed by atoms with E-state index < -0.39 is 5.97 Å². The van der Waals surface area contributed by atoms with E-state index in [4.69, 9.17) is 5.11 Å². The molecule has 0 aromatic carbocycles. The molecule has 2 N–H and O–H groups in total. The van der Waals surface area contributed by atoms with Gasteiger partial charge in [0.05, 0.1) is 12.0 Å². The number of aliphatic carboxylic acids is 1. The Morgan fingerprint density at radius 3 is 2.81 bits per heavy atom. The molecular weight excluding hydrogens is 208 g/mol. The van der Waals surface area contributed by atoms with Gasteiger partial charge in [0.25, 0.3) is 5.91 Å². The maximum Gasteiger partial charge on any atom is 0.305 e. The van der Waals surface area contributed by atoms with Crippen LogP contribution in [0.1, 0.15) is 30.1 Å². The van der Waals surface area contributed by atoms with Gasteiger partial charge in [-0.1, -0.05) is 6.92 Å². The normalized spacial score (nSPS) is 11.8. The highest BCUT2D eigenvalue weighted by Gasteiger charge is 2.14. The van der Waals surface area contributed by atoms with E-state index in [9.17, 15) is 9.59 Å². The molecule has 1 aromatic rings. The highest BCUT2D eigenvalue weighted by molar-refractivity contribution is 5.94. The molecule has 0 radical (unpaired) electrons. The Hall–Kier alpha value is -1.91. The van der Waals surface area contributed by atoms with Crippen molar-refractivity contribution in [3.8, 4) is 0 Å². The maximum absolute atomic E-state index is 11.7. The van der Waals surface area contributed by atoms with Crippen LogP contribution in [0.2, 0.25) is 0 Å². The number of hydrogen-bond donors (Lipinski definition) is 2. The van der Waals surface area contributed by atoms with Crippen molar-refractivity contribution in [1.82, 2.24) is 10.3 Å². The Labute approximate surface area is 93.5 Å². The summed E-state index contributed by atoms with van der Waals surface area (Å²) in [6.45, 7) is 1.83. The molecule has 1 heterocycles. The van der Waals surface area contributed by atoms with Gasteiger partial charge in [-0.25, -0.2) is 0 Å². The van der Waals surface area contributed by atoms with Crippen LogP contribution in [-0.2, 0) is 4.79 Å². The molecule has 0 aliphatic heterocycles. The summed E-state index contributed by atoms with van der Waals surface area (Å²) in [4.78, 5) is 26.0. The highest BCUT2D eigenvalue weighted by Crippen LogP contribution is 2.01. The van der Waals surface area contributed by atoms with E-state index in [2.05, 4.69) is 10.3 Å². The first-order chi connectivity index (χ1) is 7.63. The van der Waals surface area contributed by atoms with Crippen LogP contribution in [0, 0.1) is 0 Å². The fourth-order valence-corrected chi connectivity index (χ4v) is 1.27. The fraction of sp³-hybridized carbons (Fsp3) is 0.364. The Morgan fingerprint density at radius 2 is 2.31 bits per heavy atom. The third-order valence-corrected chi connectivity index (χ3v) is 2.17. The maximum atomic E-state index is 11.7. The van der Waals surface area contributed by atoms with Gasteiger partial charge >= 0.3 is 5.97 Å². The smallest absolute Gasteiger partial charge is 0.305 e. The van der Waals surface area contributed by atoms with Gasteiger partial charge in [0.1, 0.15) is 0 Å². The first-order valence-electron chi connectivity index (χ1n) is 5.06. The van der Waals surface area contributed by atoms with Crippen molar-refractivity contribution in [2.24, 2.45) is 0 Å². The van der Waals surface area contributed by atoms with Crippen LogP contribution < -0.4 is 5.32 Å². The molecule has 1 rings (SSSR count). The van der Waals surface area contributed by atoms with Gasteiger partial charge in [0.15, 0.2) is 0 Å². The first-order valence-corrected chi connectivity index (χ1v) is 5.06. The van der Waals surface area contributed by atoms with Crippen molar-refractivity contribution in [2.75, 3.05) is 0 Å². The number of hydrogen-bond acceptors (Lipinski definition) is 3. The molecule has 5 heteroatoms. The van der Waals surface area contributed by atoms with Crippen LogP contribution in [0.15, 0.2) is 24.5 Å². The molecule has 0 saturated heterocycles. The van der Waals surface area contributed by atoms with E-state index in [1.807, 2.05) is 6.92 Å². The summed E-state index contributed by atoms with van der Waals surface area (Å²) >= 11 is 0. The molecule has 0 aliphatic carbocycles. The van der Waals surface area contributed by atoms with Gasteiger partial charge in [-0.2, -0.15) is 0 Å². The van der Waals surface area contributed by atoms with E-state index in [1.165, 1.54) is 6.20 Å². The minimum atomic E-state index is -0.918. The van der Waals surface area contributed by atoms with Crippen molar-refractivity contribution in [3.63, 3.8) is 0 Å². The number of pyridine rings is 1. The van der Waals surface area contributed by atoms with Crippen LogP contribution in [0.4, 0.5) is 0 Å². The predicted molar refractivity (Wildman–Crippen MR) is 58.0 cm³/mol. The number of nitrogens with zero attached hydrogens (tertiary/aromatic N) is 1. The quantitative estimate of drug-likeness (QED) is 0.780. The van der Waals surface area contributed by atoms with Crippen molar-refractivity contribution in [1.29, 1.82) is 0 Å². The second-order valence-electron chi connectivity index (χ2n) is 3.42. The second-order valence-corrected chi connectivity index (χ2v) is 3.42. The lowest BCUT2D eigenvalue weighted by molar-refractivity contribution is -0.137. The summed E-state index contributed by atoms with van der Waals surface area (Å²) < 4.78 is 0. The van der Waals surface area contributed by atoms with Gasteiger partial charge in [-0.05, 0) is 18.6 Å². The standard InChI is InChI=1S/C11H14N2O3/c1-2-9(6-10(14)15)13-11(16)8-4-3-5-12-7-8/h3-5,7,9H,2,6H2,1H3,(H,13,16)(H,14,15). The highest BCUT2D eigenvalue weighted by atomic mass is 16.4. The number of aromatic nitrogens is 1. The van der Waals surface area contributed by atoms with Crippen LogP contribution in [0.5, 0.6) is 0 Å². The Morgan fingerprint density at radius 1 is 1.56 bits per heavy atom. The van der Waals surface area contributed by atoms with Crippen LogP contribution in [-0.4, -0.2) is 28.0 Å². The lowest BCUT2D eigenvalue weighted by atomic mass is 10.1. The summed E-state index contributed by atoms with van der Waals surface area (Å²) in [6, 6.07) is 2.95. The molecule has 1 atom stereocenters. The van der Waals surface area contributed by atoms with Crippen LogP contribution in [0.3, 0.4) is 0 Å². The molecule has 0 bridgehead atoms. The number of carboxylic acids is 1. The average molecular weight is 222 g/mol. The summed E-state index contributed by atoms with van der Waals surface area (Å²) in [7, 11) is 0. The minimum absolute atomic E-state index is 0.0670. The number of amides is 1. The van der Waals surface area contributed by atoms with Crippen molar-refractivity contribution < 1.29 is 14.7 Å². The number of nitrogens with one attached hydrogen (secondary N) is 1. The lowest BCUT2D eigenvalue weighted by Gasteiger charge is -2.14. The molecule has 1 amide bonds. The molecule has 1 aromatic heterocycles. The first kappa shape index (κ1) is 12.2. The molecule has 86 valence electrons. The van der Waals surface area contributed by atoms with Gasteiger partial charge in [-0.3, -0.25) is 14.6 Å². The monoisotopic (exact) mass is 222 g/mol. The van der Waals surface area contributed by atoms with Crippen molar-refractivity contribution >= 4 is 11.9 Å². The second kappa shape index (κ2) is 5.85. The predicted octanol–water partition coefficient (Wildman–Crippen LogP) is 1.06. The largest absolute Gasteiger partial charge is 0.481 e. The van der Waals surface area contributed by atoms with Gasteiger partial charge in [0, 0.05) is 18.4 Å². The SMILES string of the molecule is CCC(CC(=O)O)NC(=O)c1cccnc1. The Balaban J connectivity index is 2.59. The lowest BCUT2D eigenvalue weighted by Crippen LogP contribution is -2.36.